The molecule has 0 aliphatic rings. The maximum atomic E-state index is 11.9. The van der Waals surface area contributed by atoms with Crippen molar-refractivity contribution in [1.82, 2.24) is 5.32 Å². The number of hydrogen-bond donors (Lipinski definition) is 2. The van der Waals surface area contributed by atoms with Crippen LogP contribution in [0.2, 0.25) is 0 Å². The summed E-state index contributed by atoms with van der Waals surface area (Å²) in [6.07, 6.45) is 1.39. The summed E-state index contributed by atoms with van der Waals surface area (Å²) in [5.74, 6) is 0.453. The second kappa shape index (κ2) is 7.88. The minimum atomic E-state index is -0.450. The number of hydrogen-bond acceptors (Lipinski definition) is 5. The van der Waals surface area contributed by atoms with Gasteiger partial charge in [-0.3, -0.25) is 9.59 Å². The molecule has 0 aliphatic heterocycles. The molecule has 0 spiro atoms. The summed E-state index contributed by atoms with van der Waals surface area (Å²) in [6, 6.07) is 8.17. The van der Waals surface area contributed by atoms with Crippen molar-refractivity contribution >= 4 is 17.5 Å². The topological polar surface area (TPSA) is 89.8 Å². The van der Waals surface area contributed by atoms with Crippen molar-refractivity contribution in [1.29, 1.82) is 0 Å². The van der Waals surface area contributed by atoms with Gasteiger partial charge in [0, 0.05) is 11.8 Å². The Hall–Kier alpha value is -2.96. The molecule has 2 N–H and O–H groups in total. The van der Waals surface area contributed by atoms with Crippen molar-refractivity contribution in [3.8, 4) is 11.5 Å². The SMILES string of the molecule is CCOc1ccc(NC(=O)CNC(=O)c2ccco2)cc1OC. The molecule has 0 bridgehead atoms. The zero-order valence-electron chi connectivity index (χ0n) is 12.9. The van der Waals surface area contributed by atoms with Crippen LogP contribution in [0.15, 0.2) is 41.0 Å². The molecule has 7 heteroatoms. The fraction of sp³-hybridized carbons (Fsp3) is 0.250. The summed E-state index contributed by atoms with van der Waals surface area (Å²) in [5.41, 5.74) is 0.544. The number of carbonyl (C=O) groups is 2. The summed E-state index contributed by atoms with van der Waals surface area (Å²) >= 11 is 0. The molecule has 0 saturated heterocycles. The van der Waals surface area contributed by atoms with Crippen molar-refractivity contribution in [2.75, 3.05) is 25.6 Å². The molecule has 1 heterocycles. The van der Waals surface area contributed by atoms with Crippen LogP contribution < -0.4 is 20.1 Å². The van der Waals surface area contributed by atoms with Gasteiger partial charge in [-0.25, -0.2) is 0 Å². The highest BCUT2D eigenvalue weighted by Gasteiger charge is 2.11. The molecule has 1 aromatic carbocycles. The van der Waals surface area contributed by atoms with Crippen molar-refractivity contribution in [2.24, 2.45) is 0 Å². The van der Waals surface area contributed by atoms with Crippen LogP contribution in [-0.4, -0.2) is 32.1 Å². The fourth-order valence-electron chi connectivity index (χ4n) is 1.88. The van der Waals surface area contributed by atoms with Crippen molar-refractivity contribution in [2.45, 2.75) is 6.92 Å². The Bertz CT molecular complexity index is 667. The van der Waals surface area contributed by atoms with E-state index in [1.54, 1.807) is 24.3 Å². The Morgan fingerprint density at radius 1 is 1.22 bits per heavy atom. The van der Waals surface area contributed by atoms with E-state index < -0.39 is 5.91 Å². The number of amides is 2. The summed E-state index contributed by atoms with van der Waals surface area (Å²) in [6.45, 7) is 2.22. The smallest absolute Gasteiger partial charge is 0.287 e. The lowest BCUT2D eigenvalue weighted by Crippen LogP contribution is -2.32. The average molecular weight is 318 g/mol. The molecule has 23 heavy (non-hydrogen) atoms. The third-order valence-electron chi connectivity index (χ3n) is 2.90. The molecule has 2 amide bonds. The van der Waals surface area contributed by atoms with Crippen LogP contribution in [0.5, 0.6) is 11.5 Å². The minimum Gasteiger partial charge on any atom is -0.493 e. The molecule has 2 rings (SSSR count). The maximum absolute atomic E-state index is 11.9. The standard InChI is InChI=1S/C16H18N2O5/c1-3-22-12-7-6-11(9-14(12)21-2)18-15(19)10-17-16(20)13-5-4-8-23-13/h4-9H,3,10H2,1-2H3,(H,17,20)(H,18,19). The van der Waals surface area contributed by atoms with E-state index in [0.29, 0.717) is 23.8 Å². The van der Waals surface area contributed by atoms with Crippen LogP contribution in [0, 0.1) is 0 Å². The van der Waals surface area contributed by atoms with Gasteiger partial charge in [-0.2, -0.15) is 0 Å². The largest absolute Gasteiger partial charge is 0.493 e. The zero-order chi connectivity index (χ0) is 16.7. The first-order chi connectivity index (χ1) is 11.1. The molecule has 122 valence electrons. The predicted molar refractivity (Wildman–Crippen MR) is 83.8 cm³/mol. The molecule has 0 aliphatic carbocycles. The number of furan rings is 1. The second-order valence-corrected chi connectivity index (χ2v) is 4.51. The number of rotatable bonds is 7. The molecule has 0 radical (unpaired) electrons. The summed E-state index contributed by atoms with van der Waals surface area (Å²) in [4.78, 5) is 23.5. The lowest BCUT2D eigenvalue weighted by atomic mass is 10.2. The van der Waals surface area contributed by atoms with Gasteiger partial charge in [-0.15, -0.1) is 0 Å². The summed E-state index contributed by atoms with van der Waals surface area (Å²) in [5, 5.41) is 5.13. The van der Waals surface area contributed by atoms with Gasteiger partial charge >= 0.3 is 0 Å². The quantitative estimate of drug-likeness (QED) is 0.815. The monoisotopic (exact) mass is 318 g/mol. The molecular weight excluding hydrogens is 300 g/mol. The maximum Gasteiger partial charge on any atom is 0.287 e. The third kappa shape index (κ3) is 4.50. The first kappa shape index (κ1) is 16.4. The molecule has 7 nitrogen and oxygen atoms in total. The van der Waals surface area contributed by atoms with E-state index in [-0.39, 0.29) is 18.2 Å². The first-order valence-electron chi connectivity index (χ1n) is 7.06. The Morgan fingerprint density at radius 2 is 2.04 bits per heavy atom. The number of ether oxygens (including phenoxy) is 2. The first-order valence-corrected chi connectivity index (χ1v) is 7.06. The van der Waals surface area contributed by atoms with Gasteiger partial charge in [0.15, 0.2) is 17.3 Å². The van der Waals surface area contributed by atoms with E-state index in [0.717, 1.165) is 0 Å². The number of benzene rings is 1. The highest BCUT2D eigenvalue weighted by atomic mass is 16.5. The number of methoxy groups -OCH3 is 1. The number of anilines is 1. The Labute approximate surface area is 133 Å². The van der Waals surface area contributed by atoms with Crippen LogP contribution in [-0.2, 0) is 4.79 Å². The van der Waals surface area contributed by atoms with Gasteiger partial charge in [-0.05, 0) is 31.2 Å². The predicted octanol–water partition coefficient (Wildman–Crippen LogP) is 2.06. The molecular formula is C16H18N2O5. The third-order valence-corrected chi connectivity index (χ3v) is 2.90. The lowest BCUT2D eigenvalue weighted by molar-refractivity contribution is -0.115. The minimum absolute atomic E-state index is 0.153. The van der Waals surface area contributed by atoms with Crippen LogP contribution in [0.3, 0.4) is 0 Å². The highest BCUT2D eigenvalue weighted by molar-refractivity contribution is 5.98. The number of carbonyl (C=O) groups excluding carboxylic acids is 2. The van der Waals surface area contributed by atoms with Crippen LogP contribution >= 0.6 is 0 Å². The van der Waals surface area contributed by atoms with Gasteiger partial charge in [0.05, 0.1) is 26.5 Å². The van der Waals surface area contributed by atoms with Gasteiger partial charge in [0.25, 0.3) is 5.91 Å². The zero-order valence-corrected chi connectivity index (χ0v) is 12.9. The van der Waals surface area contributed by atoms with Gasteiger partial charge in [0.2, 0.25) is 5.91 Å². The Balaban J connectivity index is 1.91. The lowest BCUT2D eigenvalue weighted by Gasteiger charge is -2.12. The van der Waals surface area contributed by atoms with E-state index in [1.807, 2.05) is 6.92 Å². The van der Waals surface area contributed by atoms with E-state index in [9.17, 15) is 9.59 Å². The van der Waals surface area contributed by atoms with E-state index in [4.69, 9.17) is 13.9 Å². The van der Waals surface area contributed by atoms with Gasteiger partial charge in [-0.1, -0.05) is 0 Å². The van der Waals surface area contributed by atoms with Crippen LogP contribution in [0.4, 0.5) is 5.69 Å². The second-order valence-electron chi connectivity index (χ2n) is 4.51. The summed E-state index contributed by atoms with van der Waals surface area (Å²) < 4.78 is 15.5. The van der Waals surface area contributed by atoms with Gasteiger partial charge in [0.1, 0.15) is 0 Å². The molecule has 0 saturated carbocycles. The van der Waals surface area contributed by atoms with Crippen molar-refractivity contribution in [3.05, 3.63) is 42.4 Å². The molecule has 0 atom stereocenters. The van der Waals surface area contributed by atoms with Crippen LogP contribution in [0.1, 0.15) is 17.5 Å². The van der Waals surface area contributed by atoms with E-state index >= 15 is 0 Å². The average Bonchev–Trinajstić information content (AvgIpc) is 3.09. The molecule has 1 aromatic heterocycles. The number of nitrogens with one attached hydrogen (secondary N) is 2. The molecule has 0 fully saturated rings. The van der Waals surface area contributed by atoms with E-state index in [2.05, 4.69) is 10.6 Å². The molecule has 2 aromatic rings. The van der Waals surface area contributed by atoms with Crippen molar-refractivity contribution < 1.29 is 23.5 Å². The Morgan fingerprint density at radius 3 is 2.70 bits per heavy atom. The molecule has 0 unspecified atom stereocenters. The van der Waals surface area contributed by atoms with Gasteiger partial charge < -0.3 is 24.5 Å². The van der Waals surface area contributed by atoms with Crippen molar-refractivity contribution in [3.63, 3.8) is 0 Å². The highest BCUT2D eigenvalue weighted by Crippen LogP contribution is 2.30. The fourth-order valence-corrected chi connectivity index (χ4v) is 1.88. The summed E-state index contributed by atoms with van der Waals surface area (Å²) in [7, 11) is 1.52. The van der Waals surface area contributed by atoms with Crippen LogP contribution in [0.25, 0.3) is 0 Å². The van der Waals surface area contributed by atoms with E-state index in [1.165, 1.54) is 19.4 Å². The Kier molecular flexibility index (Phi) is 5.62. The normalized spacial score (nSPS) is 10.0.